The van der Waals surface area contributed by atoms with Gasteiger partial charge in [-0.25, -0.2) is 4.98 Å². The quantitative estimate of drug-likeness (QED) is 0.391. The highest BCUT2D eigenvalue weighted by atomic mass is 32.2. The third-order valence-electron chi connectivity index (χ3n) is 4.81. The Morgan fingerprint density at radius 3 is 2.55 bits per heavy atom. The average molecular weight is 435 g/mol. The summed E-state index contributed by atoms with van der Waals surface area (Å²) >= 11 is 1.46. The summed E-state index contributed by atoms with van der Waals surface area (Å²) in [4.78, 5) is 17.4. The van der Waals surface area contributed by atoms with E-state index in [0.29, 0.717) is 34.6 Å². The molecule has 0 fully saturated rings. The largest absolute Gasteiger partial charge is 0.493 e. The van der Waals surface area contributed by atoms with Crippen molar-refractivity contribution < 1.29 is 18.7 Å². The van der Waals surface area contributed by atoms with Gasteiger partial charge in [0.2, 0.25) is 0 Å². The summed E-state index contributed by atoms with van der Waals surface area (Å²) in [5.41, 5.74) is 3.94. The number of aromatic nitrogens is 1. The maximum Gasteiger partial charge on any atom is 0.257 e. The predicted molar refractivity (Wildman–Crippen MR) is 121 cm³/mol. The molecule has 1 aromatic heterocycles. The molecule has 0 bridgehead atoms. The molecule has 0 aliphatic heterocycles. The Labute approximate surface area is 184 Å². The van der Waals surface area contributed by atoms with E-state index >= 15 is 0 Å². The third-order valence-corrected chi connectivity index (χ3v) is 5.69. The molecule has 158 valence electrons. The Balaban J connectivity index is 1.46. The zero-order valence-electron chi connectivity index (χ0n) is 17.3. The molecule has 1 heterocycles. The fourth-order valence-corrected chi connectivity index (χ4v) is 4.13. The lowest BCUT2D eigenvalue weighted by molar-refractivity contribution is 0.0950. The minimum Gasteiger partial charge on any atom is -0.493 e. The van der Waals surface area contributed by atoms with Crippen LogP contribution >= 0.6 is 11.8 Å². The first-order valence-electron chi connectivity index (χ1n) is 9.74. The van der Waals surface area contributed by atoms with E-state index in [-0.39, 0.29) is 5.91 Å². The van der Waals surface area contributed by atoms with Crippen LogP contribution in [0.5, 0.6) is 11.5 Å². The first kappa shape index (κ1) is 20.8. The first-order valence-corrected chi connectivity index (χ1v) is 10.7. The number of thioether (sulfide) groups is 1. The van der Waals surface area contributed by atoms with Gasteiger partial charge in [0.15, 0.2) is 17.1 Å². The van der Waals surface area contributed by atoms with Crippen LogP contribution in [0.25, 0.3) is 11.1 Å². The molecule has 1 amide bonds. The Morgan fingerprint density at radius 1 is 0.968 bits per heavy atom. The molecule has 6 nitrogen and oxygen atoms in total. The number of carbonyl (C=O) groups is 1. The number of para-hydroxylation sites is 3. The van der Waals surface area contributed by atoms with Gasteiger partial charge in [-0.1, -0.05) is 54.2 Å². The van der Waals surface area contributed by atoms with Gasteiger partial charge in [-0.15, -0.1) is 0 Å². The Hall–Kier alpha value is -3.45. The van der Waals surface area contributed by atoms with Crippen molar-refractivity contribution >= 4 is 28.8 Å². The van der Waals surface area contributed by atoms with Crippen molar-refractivity contribution in [3.05, 3.63) is 83.4 Å². The number of hydrogen-bond acceptors (Lipinski definition) is 6. The van der Waals surface area contributed by atoms with Crippen LogP contribution in [0.15, 0.2) is 76.4 Å². The van der Waals surface area contributed by atoms with Crippen molar-refractivity contribution in [3.63, 3.8) is 0 Å². The van der Waals surface area contributed by atoms with Crippen LogP contribution in [0, 0.1) is 0 Å². The smallest absolute Gasteiger partial charge is 0.257 e. The van der Waals surface area contributed by atoms with Crippen LogP contribution in [0.4, 0.5) is 0 Å². The summed E-state index contributed by atoms with van der Waals surface area (Å²) in [6.45, 7) is 0.325. The minimum absolute atomic E-state index is 0.154. The fourth-order valence-electron chi connectivity index (χ4n) is 3.28. The fraction of sp³-hybridized carbons (Fsp3) is 0.167. The monoisotopic (exact) mass is 434 g/mol. The predicted octanol–water partition coefficient (Wildman–Crippen LogP) is 5.07. The lowest BCUT2D eigenvalue weighted by atomic mass is 10.1. The number of carbonyl (C=O) groups excluding carboxylic acids is 1. The number of nitrogens with one attached hydrogen (secondary N) is 1. The van der Waals surface area contributed by atoms with Crippen molar-refractivity contribution in [3.8, 4) is 11.5 Å². The zero-order valence-corrected chi connectivity index (χ0v) is 18.1. The van der Waals surface area contributed by atoms with Gasteiger partial charge in [0.25, 0.3) is 11.1 Å². The zero-order chi connectivity index (χ0) is 21.6. The van der Waals surface area contributed by atoms with Gasteiger partial charge in [-0.3, -0.25) is 4.79 Å². The van der Waals surface area contributed by atoms with Gasteiger partial charge in [0.05, 0.1) is 14.2 Å². The second kappa shape index (κ2) is 9.57. The topological polar surface area (TPSA) is 73.6 Å². The standard InChI is InChI=1S/C24H22N2O4S/c1-28-21-13-7-9-16(22(21)29-2)14-25-23(27)18-10-4-3-8-17(18)15-31-24-26-19-11-5-6-12-20(19)30-24/h3-13H,14-15H2,1-2H3,(H,25,27). The van der Waals surface area contributed by atoms with Crippen LogP contribution in [0.3, 0.4) is 0 Å². The molecule has 31 heavy (non-hydrogen) atoms. The average Bonchev–Trinajstić information content (AvgIpc) is 3.24. The third kappa shape index (κ3) is 4.67. The highest BCUT2D eigenvalue weighted by Gasteiger charge is 2.15. The molecule has 1 N–H and O–H groups in total. The number of amides is 1. The molecule has 0 aliphatic rings. The summed E-state index contributed by atoms with van der Waals surface area (Å²) in [6, 6.07) is 20.8. The number of fused-ring (bicyclic) bond motifs is 1. The van der Waals surface area contributed by atoms with E-state index in [4.69, 9.17) is 13.9 Å². The van der Waals surface area contributed by atoms with Crippen molar-refractivity contribution in [1.29, 1.82) is 0 Å². The minimum atomic E-state index is -0.154. The van der Waals surface area contributed by atoms with Crippen molar-refractivity contribution in [2.45, 2.75) is 17.5 Å². The van der Waals surface area contributed by atoms with Gasteiger partial charge in [-0.2, -0.15) is 0 Å². The number of oxazole rings is 1. The molecule has 7 heteroatoms. The number of ether oxygens (including phenoxy) is 2. The maximum atomic E-state index is 12.9. The lowest BCUT2D eigenvalue weighted by Crippen LogP contribution is -2.24. The highest BCUT2D eigenvalue weighted by molar-refractivity contribution is 7.98. The molecule has 4 aromatic rings. The molecule has 0 unspecified atom stereocenters. The van der Waals surface area contributed by atoms with Gasteiger partial charge in [0.1, 0.15) is 5.52 Å². The van der Waals surface area contributed by atoms with E-state index in [1.807, 2.05) is 66.7 Å². The summed E-state index contributed by atoms with van der Waals surface area (Å²) in [5, 5.41) is 3.56. The van der Waals surface area contributed by atoms with Crippen LogP contribution in [-0.4, -0.2) is 25.1 Å². The van der Waals surface area contributed by atoms with Crippen LogP contribution < -0.4 is 14.8 Å². The van der Waals surface area contributed by atoms with Crippen LogP contribution in [0.1, 0.15) is 21.5 Å². The molecule has 0 atom stereocenters. The molecule has 0 radical (unpaired) electrons. The molecule has 0 saturated heterocycles. The molecular formula is C24H22N2O4S. The summed E-state index contributed by atoms with van der Waals surface area (Å²) in [5.74, 6) is 1.66. The highest BCUT2D eigenvalue weighted by Crippen LogP contribution is 2.31. The molecule has 4 rings (SSSR count). The Morgan fingerprint density at radius 2 is 1.74 bits per heavy atom. The van der Waals surface area contributed by atoms with Gasteiger partial charge in [-0.05, 0) is 29.8 Å². The molecule has 0 saturated carbocycles. The number of nitrogens with zero attached hydrogens (tertiary/aromatic N) is 1. The van der Waals surface area contributed by atoms with Gasteiger partial charge in [0, 0.05) is 23.4 Å². The molecule has 3 aromatic carbocycles. The SMILES string of the molecule is COc1cccc(CNC(=O)c2ccccc2CSc2nc3ccccc3o2)c1OC. The lowest BCUT2D eigenvalue weighted by Gasteiger charge is -2.14. The first-order chi connectivity index (χ1) is 15.2. The number of hydrogen-bond donors (Lipinski definition) is 1. The van der Waals surface area contributed by atoms with E-state index in [2.05, 4.69) is 10.3 Å². The van der Waals surface area contributed by atoms with Crippen molar-refractivity contribution in [2.24, 2.45) is 0 Å². The van der Waals surface area contributed by atoms with Crippen LogP contribution in [-0.2, 0) is 12.3 Å². The normalized spacial score (nSPS) is 10.8. The van der Waals surface area contributed by atoms with Gasteiger partial charge >= 0.3 is 0 Å². The summed E-state index contributed by atoms with van der Waals surface area (Å²) in [6.07, 6.45) is 0. The molecular weight excluding hydrogens is 412 g/mol. The van der Waals surface area contributed by atoms with E-state index in [1.54, 1.807) is 14.2 Å². The van der Waals surface area contributed by atoms with Crippen molar-refractivity contribution in [1.82, 2.24) is 10.3 Å². The van der Waals surface area contributed by atoms with E-state index in [0.717, 1.165) is 22.2 Å². The number of rotatable bonds is 8. The second-order valence-electron chi connectivity index (χ2n) is 6.73. The van der Waals surface area contributed by atoms with E-state index in [1.165, 1.54) is 11.8 Å². The summed E-state index contributed by atoms with van der Waals surface area (Å²) < 4.78 is 16.5. The molecule has 0 aliphatic carbocycles. The number of methoxy groups -OCH3 is 2. The van der Waals surface area contributed by atoms with Crippen molar-refractivity contribution in [2.75, 3.05) is 14.2 Å². The second-order valence-corrected chi connectivity index (χ2v) is 7.66. The summed E-state index contributed by atoms with van der Waals surface area (Å²) in [7, 11) is 3.17. The van der Waals surface area contributed by atoms with Crippen LogP contribution in [0.2, 0.25) is 0 Å². The van der Waals surface area contributed by atoms with E-state index < -0.39 is 0 Å². The Kier molecular flexibility index (Phi) is 6.43. The van der Waals surface area contributed by atoms with Gasteiger partial charge < -0.3 is 19.2 Å². The Bertz CT molecular complexity index is 1170. The number of benzene rings is 3. The maximum absolute atomic E-state index is 12.9. The molecule has 0 spiro atoms. The van der Waals surface area contributed by atoms with E-state index in [9.17, 15) is 4.79 Å².